The molecule has 1 aromatic heterocycles. The Kier molecular flexibility index (Phi) is 5.27. The molecule has 2 aromatic rings. The van der Waals surface area contributed by atoms with Crippen LogP contribution in [0.5, 0.6) is 5.75 Å². The molecule has 7 heteroatoms. The number of benzene rings is 1. The highest BCUT2D eigenvalue weighted by atomic mass is 16.5. The Bertz CT molecular complexity index is 768. The van der Waals surface area contributed by atoms with Crippen molar-refractivity contribution in [1.82, 2.24) is 20.4 Å². The van der Waals surface area contributed by atoms with E-state index < -0.39 is 0 Å². The summed E-state index contributed by atoms with van der Waals surface area (Å²) in [6, 6.07) is 7.67. The third kappa shape index (κ3) is 3.91. The molecular weight excluding hydrogens is 344 g/mol. The smallest absolute Gasteiger partial charge is 0.318 e. The lowest BCUT2D eigenvalue weighted by atomic mass is 9.96. The summed E-state index contributed by atoms with van der Waals surface area (Å²) in [6.07, 6.45) is 7.62. The third-order valence-electron chi connectivity index (χ3n) is 5.52. The highest BCUT2D eigenvalue weighted by molar-refractivity contribution is 5.75. The van der Waals surface area contributed by atoms with E-state index in [1.54, 1.807) is 7.11 Å². The second kappa shape index (κ2) is 7.98. The van der Waals surface area contributed by atoms with E-state index in [1.165, 1.54) is 19.3 Å². The lowest BCUT2D eigenvalue weighted by molar-refractivity contribution is 0.173. The fourth-order valence-corrected chi connectivity index (χ4v) is 4.00. The van der Waals surface area contributed by atoms with Gasteiger partial charge in [0.2, 0.25) is 11.7 Å². The fourth-order valence-electron chi connectivity index (χ4n) is 4.00. The van der Waals surface area contributed by atoms with Crippen LogP contribution in [0.15, 0.2) is 28.8 Å². The van der Waals surface area contributed by atoms with Crippen LogP contribution in [0.25, 0.3) is 11.4 Å². The first-order chi connectivity index (χ1) is 13.2. The summed E-state index contributed by atoms with van der Waals surface area (Å²) in [5.41, 5.74) is 0.863. The van der Waals surface area contributed by atoms with Crippen LogP contribution in [0, 0.1) is 0 Å². The highest BCUT2D eigenvalue weighted by Crippen LogP contribution is 2.32. The summed E-state index contributed by atoms with van der Waals surface area (Å²) >= 11 is 0. The van der Waals surface area contributed by atoms with Crippen LogP contribution >= 0.6 is 0 Å². The summed E-state index contributed by atoms with van der Waals surface area (Å²) in [4.78, 5) is 19.2. The Labute approximate surface area is 159 Å². The summed E-state index contributed by atoms with van der Waals surface area (Å²) in [7, 11) is 1.63. The van der Waals surface area contributed by atoms with Gasteiger partial charge in [0.05, 0.1) is 7.11 Å². The number of methoxy groups -OCH3 is 1. The monoisotopic (exact) mass is 370 g/mol. The van der Waals surface area contributed by atoms with E-state index in [2.05, 4.69) is 15.5 Å². The van der Waals surface area contributed by atoms with Crippen molar-refractivity contribution in [2.45, 2.75) is 57.0 Å². The number of urea groups is 1. The van der Waals surface area contributed by atoms with Crippen molar-refractivity contribution in [2.75, 3.05) is 13.7 Å². The maximum Gasteiger partial charge on any atom is 0.318 e. The van der Waals surface area contributed by atoms with Gasteiger partial charge in [0.1, 0.15) is 11.8 Å². The Morgan fingerprint density at radius 1 is 1.15 bits per heavy atom. The number of rotatable bonds is 4. The first kappa shape index (κ1) is 17.8. The van der Waals surface area contributed by atoms with E-state index in [-0.39, 0.29) is 12.1 Å². The molecule has 1 aromatic carbocycles. The Morgan fingerprint density at radius 2 is 1.93 bits per heavy atom. The van der Waals surface area contributed by atoms with E-state index in [4.69, 9.17) is 9.26 Å². The summed E-state index contributed by atoms with van der Waals surface area (Å²) in [5, 5.41) is 7.31. The number of nitrogens with zero attached hydrogens (tertiary/aromatic N) is 3. The van der Waals surface area contributed by atoms with E-state index in [0.29, 0.717) is 17.8 Å². The number of carbonyl (C=O) groups excluding carboxylic acids is 1. The zero-order valence-electron chi connectivity index (χ0n) is 15.7. The maximum absolute atomic E-state index is 12.8. The van der Waals surface area contributed by atoms with Gasteiger partial charge < -0.3 is 19.5 Å². The average Bonchev–Trinajstić information content (AvgIpc) is 3.38. The maximum atomic E-state index is 12.8. The molecule has 0 radical (unpaired) electrons. The molecule has 144 valence electrons. The lowest BCUT2D eigenvalue weighted by Gasteiger charge is -2.28. The topological polar surface area (TPSA) is 80.5 Å². The minimum atomic E-state index is -0.145. The van der Waals surface area contributed by atoms with Crippen molar-refractivity contribution in [3.05, 3.63) is 30.2 Å². The SMILES string of the molecule is COc1ccc(-c2noc([C@H]3CCCN3C(=O)NC3CCCCC3)n2)cc1. The number of hydrogen-bond donors (Lipinski definition) is 1. The summed E-state index contributed by atoms with van der Waals surface area (Å²) in [5.74, 6) is 1.83. The Morgan fingerprint density at radius 3 is 2.67 bits per heavy atom. The van der Waals surface area contributed by atoms with Crippen LogP contribution in [-0.2, 0) is 0 Å². The van der Waals surface area contributed by atoms with Gasteiger partial charge in [-0.3, -0.25) is 0 Å². The van der Waals surface area contributed by atoms with Crippen molar-refractivity contribution in [3.8, 4) is 17.1 Å². The number of hydrogen-bond acceptors (Lipinski definition) is 5. The molecule has 2 fully saturated rings. The molecular formula is C20H26N4O3. The molecule has 0 bridgehead atoms. The summed E-state index contributed by atoms with van der Waals surface area (Å²) in [6.45, 7) is 0.726. The minimum Gasteiger partial charge on any atom is -0.497 e. The van der Waals surface area contributed by atoms with E-state index >= 15 is 0 Å². The first-order valence-electron chi connectivity index (χ1n) is 9.80. The van der Waals surface area contributed by atoms with Gasteiger partial charge >= 0.3 is 6.03 Å². The predicted octanol–water partition coefficient (Wildman–Crippen LogP) is 3.92. The second-order valence-electron chi connectivity index (χ2n) is 7.32. The lowest BCUT2D eigenvalue weighted by Crippen LogP contribution is -2.45. The molecule has 1 saturated carbocycles. The molecule has 2 amide bonds. The second-order valence-corrected chi connectivity index (χ2v) is 7.32. The van der Waals surface area contributed by atoms with Gasteiger partial charge in [-0.2, -0.15) is 4.98 Å². The molecule has 2 heterocycles. The number of carbonyl (C=O) groups is 1. The number of ether oxygens (including phenoxy) is 1. The molecule has 1 saturated heterocycles. The van der Waals surface area contributed by atoms with Crippen LogP contribution < -0.4 is 10.1 Å². The molecule has 2 aliphatic rings. The van der Waals surface area contributed by atoms with E-state index in [9.17, 15) is 4.79 Å². The minimum absolute atomic E-state index is 0.00593. The van der Waals surface area contributed by atoms with E-state index in [1.807, 2.05) is 29.2 Å². The highest BCUT2D eigenvalue weighted by Gasteiger charge is 2.35. The standard InChI is InChI=1S/C20H26N4O3/c1-26-16-11-9-14(10-12-16)18-22-19(27-23-18)17-8-5-13-24(17)20(25)21-15-6-3-2-4-7-15/h9-12,15,17H,2-8,13H2,1H3,(H,21,25)/t17-/m1/s1. The Hall–Kier alpha value is -2.57. The number of likely N-dealkylation sites (tertiary alicyclic amines) is 1. The first-order valence-corrected chi connectivity index (χ1v) is 9.80. The van der Waals surface area contributed by atoms with Crippen LogP contribution in [0.3, 0.4) is 0 Å². The average molecular weight is 370 g/mol. The number of aromatic nitrogens is 2. The van der Waals surface area contributed by atoms with Crippen molar-refractivity contribution in [3.63, 3.8) is 0 Å². The summed E-state index contributed by atoms with van der Waals surface area (Å²) < 4.78 is 10.7. The quantitative estimate of drug-likeness (QED) is 0.882. The van der Waals surface area contributed by atoms with Gasteiger partial charge in [-0.15, -0.1) is 0 Å². The van der Waals surface area contributed by atoms with Gasteiger partial charge in [-0.25, -0.2) is 4.79 Å². The van der Waals surface area contributed by atoms with Crippen LogP contribution in [-0.4, -0.2) is 40.8 Å². The van der Waals surface area contributed by atoms with Gasteiger partial charge in [0.15, 0.2) is 0 Å². The molecule has 1 N–H and O–H groups in total. The van der Waals surface area contributed by atoms with Gasteiger partial charge in [0.25, 0.3) is 0 Å². The molecule has 27 heavy (non-hydrogen) atoms. The van der Waals surface area contributed by atoms with Crippen LogP contribution in [0.4, 0.5) is 4.79 Å². The van der Waals surface area contributed by atoms with Crippen molar-refractivity contribution in [1.29, 1.82) is 0 Å². The van der Waals surface area contributed by atoms with Crippen LogP contribution in [0.2, 0.25) is 0 Å². The zero-order valence-corrected chi connectivity index (χ0v) is 15.7. The molecule has 1 aliphatic carbocycles. The number of nitrogens with one attached hydrogen (secondary N) is 1. The normalized spacial score (nSPS) is 20.6. The van der Waals surface area contributed by atoms with Gasteiger partial charge in [-0.1, -0.05) is 24.4 Å². The van der Waals surface area contributed by atoms with Gasteiger partial charge in [0, 0.05) is 18.2 Å². The Balaban J connectivity index is 1.45. The molecule has 0 spiro atoms. The van der Waals surface area contributed by atoms with Crippen molar-refractivity contribution in [2.24, 2.45) is 0 Å². The molecule has 1 aliphatic heterocycles. The molecule has 1 atom stereocenters. The zero-order chi connectivity index (χ0) is 18.6. The van der Waals surface area contributed by atoms with Gasteiger partial charge in [-0.05, 0) is 49.9 Å². The fraction of sp³-hybridized carbons (Fsp3) is 0.550. The largest absolute Gasteiger partial charge is 0.497 e. The number of amides is 2. The third-order valence-corrected chi connectivity index (χ3v) is 5.52. The van der Waals surface area contributed by atoms with Crippen LogP contribution in [0.1, 0.15) is 56.9 Å². The molecule has 4 rings (SSSR count). The molecule has 0 unspecified atom stereocenters. The molecule has 7 nitrogen and oxygen atoms in total. The predicted molar refractivity (Wildman–Crippen MR) is 100 cm³/mol. The van der Waals surface area contributed by atoms with Crippen molar-refractivity contribution >= 4 is 6.03 Å². The van der Waals surface area contributed by atoms with E-state index in [0.717, 1.165) is 43.5 Å². The van der Waals surface area contributed by atoms with Crippen molar-refractivity contribution < 1.29 is 14.1 Å².